The van der Waals surface area contributed by atoms with Crippen molar-refractivity contribution in [1.29, 1.82) is 0 Å². The standard InChI is InChI=1S/C11H14BrNO2S/c1-7(16-2)6-13-10-5-8(12)3-4-9(10)11(14)15/h3-5,7,13H,6H2,1-2H3,(H,14,15). The molecule has 1 aromatic rings. The van der Waals surface area contributed by atoms with Crippen LogP contribution in [0.4, 0.5) is 5.69 Å². The third-order valence-electron chi connectivity index (χ3n) is 2.19. The van der Waals surface area contributed by atoms with Crippen molar-refractivity contribution in [2.45, 2.75) is 12.2 Å². The molecule has 0 aromatic heterocycles. The minimum Gasteiger partial charge on any atom is -0.478 e. The highest BCUT2D eigenvalue weighted by Crippen LogP contribution is 2.22. The van der Waals surface area contributed by atoms with E-state index in [2.05, 4.69) is 28.2 Å². The lowest BCUT2D eigenvalue weighted by Crippen LogP contribution is -2.15. The molecule has 0 spiro atoms. The predicted octanol–water partition coefficient (Wildman–Crippen LogP) is 3.31. The van der Waals surface area contributed by atoms with Crippen molar-refractivity contribution in [1.82, 2.24) is 0 Å². The third-order valence-corrected chi connectivity index (χ3v) is 3.66. The number of carboxylic acids is 1. The van der Waals surface area contributed by atoms with Gasteiger partial charge in [0.2, 0.25) is 0 Å². The minimum absolute atomic E-state index is 0.302. The molecule has 0 saturated carbocycles. The van der Waals surface area contributed by atoms with Crippen LogP contribution in [-0.4, -0.2) is 29.1 Å². The SMILES string of the molecule is CSC(C)CNc1cc(Br)ccc1C(=O)O. The molecule has 2 N–H and O–H groups in total. The van der Waals surface area contributed by atoms with Gasteiger partial charge in [-0.1, -0.05) is 22.9 Å². The molecule has 0 saturated heterocycles. The van der Waals surface area contributed by atoms with Gasteiger partial charge in [-0.15, -0.1) is 0 Å². The van der Waals surface area contributed by atoms with Crippen LogP contribution < -0.4 is 5.32 Å². The minimum atomic E-state index is -0.910. The molecule has 0 bridgehead atoms. The number of carbonyl (C=O) groups is 1. The zero-order valence-electron chi connectivity index (χ0n) is 9.16. The van der Waals surface area contributed by atoms with Gasteiger partial charge in [0.05, 0.1) is 5.56 Å². The van der Waals surface area contributed by atoms with Crippen molar-refractivity contribution in [3.8, 4) is 0 Å². The number of hydrogen-bond acceptors (Lipinski definition) is 3. The number of benzene rings is 1. The molecule has 0 heterocycles. The molecule has 1 unspecified atom stereocenters. The van der Waals surface area contributed by atoms with Crippen LogP contribution in [0.25, 0.3) is 0 Å². The van der Waals surface area contributed by atoms with E-state index in [0.717, 1.165) is 11.0 Å². The van der Waals surface area contributed by atoms with Gasteiger partial charge < -0.3 is 10.4 Å². The normalized spacial score (nSPS) is 12.2. The summed E-state index contributed by atoms with van der Waals surface area (Å²) in [5.41, 5.74) is 0.958. The fourth-order valence-corrected chi connectivity index (χ4v) is 1.80. The maximum absolute atomic E-state index is 11.0. The highest BCUT2D eigenvalue weighted by molar-refractivity contribution is 9.10. The van der Waals surface area contributed by atoms with Crippen LogP contribution in [0.3, 0.4) is 0 Å². The van der Waals surface area contributed by atoms with Crippen molar-refractivity contribution >= 4 is 39.3 Å². The number of aromatic carboxylic acids is 1. The zero-order valence-corrected chi connectivity index (χ0v) is 11.6. The van der Waals surface area contributed by atoms with Crippen molar-refractivity contribution in [2.24, 2.45) is 0 Å². The Balaban J connectivity index is 2.84. The lowest BCUT2D eigenvalue weighted by molar-refractivity contribution is 0.0698. The Kier molecular flexibility index (Phi) is 5.15. The van der Waals surface area contributed by atoms with Gasteiger partial charge in [-0.25, -0.2) is 4.79 Å². The molecular formula is C11H14BrNO2S. The smallest absolute Gasteiger partial charge is 0.337 e. The maximum Gasteiger partial charge on any atom is 0.337 e. The Morgan fingerprint density at radius 1 is 1.62 bits per heavy atom. The van der Waals surface area contributed by atoms with Gasteiger partial charge in [0.15, 0.2) is 0 Å². The fraction of sp³-hybridized carbons (Fsp3) is 0.364. The fourth-order valence-electron chi connectivity index (χ4n) is 1.19. The summed E-state index contributed by atoms with van der Waals surface area (Å²) in [6.07, 6.45) is 2.03. The molecule has 0 aliphatic carbocycles. The highest BCUT2D eigenvalue weighted by Gasteiger charge is 2.10. The van der Waals surface area contributed by atoms with Crippen molar-refractivity contribution < 1.29 is 9.90 Å². The number of rotatable bonds is 5. The van der Waals surface area contributed by atoms with E-state index in [1.54, 1.807) is 30.0 Å². The summed E-state index contributed by atoms with van der Waals surface area (Å²) in [5, 5.41) is 12.6. The van der Waals surface area contributed by atoms with E-state index < -0.39 is 5.97 Å². The van der Waals surface area contributed by atoms with Crippen LogP contribution in [0.5, 0.6) is 0 Å². The number of nitrogens with one attached hydrogen (secondary N) is 1. The van der Waals surface area contributed by atoms with Gasteiger partial charge >= 0.3 is 5.97 Å². The number of anilines is 1. The van der Waals surface area contributed by atoms with E-state index in [1.807, 2.05) is 6.26 Å². The summed E-state index contributed by atoms with van der Waals surface area (Å²) in [6, 6.07) is 5.11. The van der Waals surface area contributed by atoms with Crippen molar-refractivity contribution in [3.63, 3.8) is 0 Å². The first-order valence-electron chi connectivity index (χ1n) is 4.84. The van der Waals surface area contributed by atoms with Crippen LogP contribution in [-0.2, 0) is 0 Å². The van der Waals surface area contributed by atoms with Crippen LogP contribution in [0.1, 0.15) is 17.3 Å². The average Bonchev–Trinajstić information content (AvgIpc) is 2.25. The molecule has 0 aliphatic rings. The third kappa shape index (κ3) is 3.72. The summed E-state index contributed by atoms with van der Waals surface area (Å²) in [5.74, 6) is -0.910. The quantitative estimate of drug-likeness (QED) is 0.876. The molecule has 1 aromatic carbocycles. The molecule has 1 atom stereocenters. The number of hydrogen-bond donors (Lipinski definition) is 2. The van der Waals surface area contributed by atoms with Gasteiger partial charge in [0.25, 0.3) is 0 Å². The largest absolute Gasteiger partial charge is 0.478 e. The lowest BCUT2D eigenvalue weighted by atomic mass is 10.2. The molecule has 0 fully saturated rings. The monoisotopic (exact) mass is 303 g/mol. The molecule has 1 rings (SSSR count). The molecule has 3 nitrogen and oxygen atoms in total. The highest BCUT2D eigenvalue weighted by atomic mass is 79.9. The summed E-state index contributed by atoms with van der Waals surface area (Å²) < 4.78 is 0.872. The van der Waals surface area contributed by atoms with E-state index in [-0.39, 0.29) is 0 Å². The van der Waals surface area contributed by atoms with E-state index in [9.17, 15) is 4.79 Å². The molecule has 16 heavy (non-hydrogen) atoms. The summed E-state index contributed by atoms with van der Waals surface area (Å²) in [7, 11) is 0. The second-order valence-corrected chi connectivity index (χ2v) is 5.61. The van der Waals surface area contributed by atoms with Crippen LogP contribution in [0, 0.1) is 0 Å². The van der Waals surface area contributed by atoms with Gasteiger partial charge in [0.1, 0.15) is 0 Å². The summed E-state index contributed by atoms with van der Waals surface area (Å²) >= 11 is 5.07. The van der Waals surface area contributed by atoms with E-state index >= 15 is 0 Å². The first-order chi connectivity index (χ1) is 7.54. The Morgan fingerprint density at radius 3 is 2.88 bits per heavy atom. The van der Waals surface area contributed by atoms with Crippen LogP contribution in [0.15, 0.2) is 22.7 Å². The molecule has 0 radical (unpaired) electrons. The number of carboxylic acid groups (broad SMARTS) is 1. The molecule has 88 valence electrons. The topological polar surface area (TPSA) is 49.3 Å². The Bertz CT molecular complexity index is 384. The van der Waals surface area contributed by atoms with Crippen molar-refractivity contribution in [2.75, 3.05) is 18.1 Å². The second kappa shape index (κ2) is 6.15. The summed E-state index contributed by atoms with van der Waals surface area (Å²) in [4.78, 5) is 11.0. The van der Waals surface area contributed by atoms with Crippen LogP contribution >= 0.6 is 27.7 Å². The van der Waals surface area contributed by atoms with Gasteiger partial charge in [0, 0.05) is 22.0 Å². The van der Waals surface area contributed by atoms with Gasteiger partial charge in [-0.2, -0.15) is 11.8 Å². The second-order valence-electron chi connectivity index (χ2n) is 3.42. The lowest BCUT2D eigenvalue weighted by Gasteiger charge is -2.13. The predicted molar refractivity (Wildman–Crippen MR) is 72.6 cm³/mol. The van der Waals surface area contributed by atoms with E-state index in [1.165, 1.54) is 0 Å². The number of thioether (sulfide) groups is 1. The van der Waals surface area contributed by atoms with Gasteiger partial charge in [-0.3, -0.25) is 0 Å². The van der Waals surface area contributed by atoms with Gasteiger partial charge in [-0.05, 0) is 24.5 Å². The molecule has 0 amide bonds. The molecule has 5 heteroatoms. The Hall–Kier alpha value is -0.680. The Morgan fingerprint density at radius 2 is 2.31 bits per heavy atom. The molecular weight excluding hydrogens is 290 g/mol. The average molecular weight is 304 g/mol. The molecule has 0 aliphatic heterocycles. The first kappa shape index (κ1) is 13.4. The Labute approximate surface area is 108 Å². The van der Waals surface area contributed by atoms with E-state index in [0.29, 0.717) is 16.5 Å². The van der Waals surface area contributed by atoms with Crippen LogP contribution in [0.2, 0.25) is 0 Å². The van der Waals surface area contributed by atoms with Crippen molar-refractivity contribution in [3.05, 3.63) is 28.2 Å². The first-order valence-corrected chi connectivity index (χ1v) is 6.92. The zero-order chi connectivity index (χ0) is 12.1. The summed E-state index contributed by atoms with van der Waals surface area (Å²) in [6.45, 7) is 2.84. The van der Waals surface area contributed by atoms with E-state index in [4.69, 9.17) is 5.11 Å². The number of halogens is 1. The maximum atomic E-state index is 11.0.